The molecule has 0 aliphatic heterocycles. The minimum Gasteiger partial charge on any atom is -0.460 e. The third-order valence-electron chi connectivity index (χ3n) is 3.42. The lowest BCUT2D eigenvalue weighted by Crippen LogP contribution is -2.37. The lowest BCUT2D eigenvalue weighted by molar-refractivity contribution is -0.164. The molecule has 1 rings (SSSR count). The first kappa shape index (κ1) is 14.5. The molecule has 3 nitrogen and oxygen atoms in total. The van der Waals surface area contributed by atoms with Crippen LogP contribution in [0.2, 0.25) is 0 Å². The lowest BCUT2D eigenvalue weighted by Gasteiger charge is -2.31. The van der Waals surface area contributed by atoms with Crippen molar-refractivity contribution in [2.24, 2.45) is 11.8 Å². The molecule has 1 fully saturated rings. The van der Waals surface area contributed by atoms with Crippen LogP contribution in [0.15, 0.2) is 0 Å². The van der Waals surface area contributed by atoms with Gasteiger partial charge in [-0.3, -0.25) is 4.79 Å². The zero-order valence-electron chi connectivity index (χ0n) is 11.5. The van der Waals surface area contributed by atoms with E-state index < -0.39 is 17.6 Å². The van der Waals surface area contributed by atoms with E-state index in [0.717, 1.165) is 12.8 Å². The fourth-order valence-electron chi connectivity index (χ4n) is 2.42. The molecule has 1 aliphatic carbocycles. The largest absolute Gasteiger partial charge is 0.460 e. The molecule has 0 radical (unpaired) electrons. The van der Waals surface area contributed by atoms with Gasteiger partial charge in [0, 0.05) is 0 Å². The number of carbonyl (C=O) groups excluding carboxylic acids is 1. The maximum atomic E-state index is 11.9. The van der Waals surface area contributed by atoms with E-state index in [0.29, 0.717) is 0 Å². The Balaban J connectivity index is 2.50. The third kappa shape index (κ3) is 4.66. The van der Waals surface area contributed by atoms with Crippen LogP contribution in [0.25, 0.3) is 0 Å². The van der Waals surface area contributed by atoms with E-state index in [1.165, 1.54) is 19.3 Å². The number of hydrogen-bond donors (Lipinski definition) is 1. The van der Waals surface area contributed by atoms with Crippen molar-refractivity contribution < 1.29 is 14.6 Å². The maximum Gasteiger partial charge on any atom is 0.311 e. The zero-order chi connectivity index (χ0) is 13.1. The Kier molecular flexibility index (Phi) is 4.99. The molecule has 1 saturated carbocycles. The van der Waals surface area contributed by atoms with E-state index >= 15 is 0 Å². The SMILES string of the molecule is CC(C(=O)OC(C)(C)C)C(O)C1CCCCC1. The van der Waals surface area contributed by atoms with Crippen LogP contribution in [0.3, 0.4) is 0 Å². The van der Waals surface area contributed by atoms with Gasteiger partial charge in [0.25, 0.3) is 0 Å². The fourth-order valence-corrected chi connectivity index (χ4v) is 2.42. The number of esters is 1. The molecule has 0 aromatic carbocycles. The van der Waals surface area contributed by atoms with Crippen LogP contribution in [0.1, 0.15) is 59.8 Å². The van der Waals surface area contributed by atoms with Gasteiger partial charge < -0.3 is 9.84 Å². The Morgan fingerprint density at radius 1 is 1.24 bits per heavy atom. The molecular weight excluding hydrogens is 216 g/mol. The van der Waals surface area contributed by atoms with E-state index in [1.54, 1.807) is 6.92 Å². The summed E-state index contributed by atoms with van der Waals surface area (Å²) in [6.45, 7) is 7.33. The van der Waals surface area contributed by atoms with Crippen molar-refractivity contribution >= 4 is 5.97 Å². The number of hydrogen-bond acceptors (Lipinski definition) is 3. The first-order chi connectivity index (χ1) is 7.81. The second-order valence-electron chi connectivity index (χ2n) is 6.21. The Hall–Kier alpha value is -0.570. The van der Waals surface area contributed by atoms with Gasteiger partial charge in [-0.15, -0.1) is 0 Å². The van der Waals surface area contributed by atoms with E-state index in [4.69, 9.17) is 4.74 Å². The summed E-state index contributed by atoms with van der Waals surface area (Å²) in [6, 6.07) is 0. The van der Waals surface area contributed by atoms with Crippen LogP contribution in [0.4, 0.5) is 0 Å². The highest BCUT2D eigenvalue weighted by Crippen LogP contribution is 2.30. The minimum absolute atomic E-state index is 0.270. The number of ether oxygens (including phenoxy) is 1. The predicted molar refractivity (Wildman–Crippen MR) is 67.6 cm³/mol. The van der Waals surface area contributed by atoms with Crippen LogP contribution in [-0.2, 0) is 9.53 Å². The summed E-state index contributed by atoms with van der Waals surface area (Å²) >= 11 is 0. The molecule has 17 heavy (non-hydrogen) atoms. The van der Waals surface area contributed by atoms with Crippen molar-refractivity contribution in [1.82, 2.24) is 0 Å². The van der Waals surface area contributed by atoms with Crippen LogP contribution in [-0.4, -0.2) is 22.8 Å². The third-order valence-corrected chi connectivity index (χ3v) is 3.42. The predicted octanol–water partition coefficient (Wildman–Crippen LogP) is 2.91. The summed E-state index contributed by atoms with van der Waals surface area (Å²) in [5.41, 5.74) is -0.475. The van der Waals surface area contributed by atoms with Gasteiger partial charge in [0.05, 0.1) is 12.0 Å². The summed E-state index contributed by atoms with van der Waals surface area (Å²) in [4.78, 5) is 11.9. The normalized spacial score (nSPS) is 21.9. The molecular formula is C14H26O3. The quantitative estimate of drug-likeness (QED) is 0.774. The van der Waals surface area contributed by atoms with Crippen molar-refractivity contribution in [2.75, 3.05) is 0 Å². The fraction of sp³-hybridized carbons (Fsp3) is 0.929. The van der Waals surface area contributed by atoms with Crippen molar-refractivity contribution in [3.8, 4) is 0 Å². The average molecular weight is 242 g/mol. The highest BCUT2D eigenvalue weighted by molar-refractivity contribution is 5.73. The standard InChI is InChI=1S/C14H26O3/c1-10(13(16)17-14(2,3)4)12(15)11-8-6-5-7-9-11/h10-12,15H,5-9H2,1-4H3. The Morgan fingerprint density at radius 3 is 2.24 bits per heavy atom. The Morgan fingerprint density at radius 2 is 1.76 bits per heavy atom. The van der Waals surface area contributed by atoms with Crippen molar-refractivity contribution in [2.45, 2.75) is 71.5 Å². The molecule has 0 saturated heterocycles. The molecule has 0 spiro atoms. The topological polar surface area (TPSA) is 46.5 Å². The van der Waals surface area contributed by atoms with Gasteiger partial charge in [0.1, 0.15) is 5.60 Å². The molecule has 1 N–H and O–H groups in total. The summed E-state index contributed by atoms with van der Waals surface area (Å²) in [5.74, 6) is -0.431. The molecule has 2 unspecified atom stereocenters. The second kappa shape index (κ2) is 5.85. The van der Waals surface area contributed by atoms with Gasteiger partial charge in [-0.25, -0.2) is 0 Å². The van der Waals surface area contributed by atoms with E-state index in [1.807, 2.05) is 20.8 Å². The molecule has 2 atom stereocenters. The Labute approximate surface area is 105 Å². The van der Waals surface area contributed by atoms with E-state index in [2.05, 4.69) is 0 Å². The molecule has 0 bridgehead atoms. The summed E-state index contributed by atoms with van der Waals surface area (Å²) in [6.07, 6.45) is 5.11. The van der Waals surface area contributed by atoms with Gasteiger partial charge in [0.2, 0.25) is 0 Å². The number of rotatable bonds is 3. The minimum atomic E-state index is -0.551. The van der Waals surface area contributed by atoms with Crippen LogP contribution < -0.4 is 0 Å². The smallest absolute Gasteiger partial charge is 0.311 e. The second-order valence-corrected chi connectivity index (χ2v) is 6.21. The summed E-state index contributed by atoms with van der Waals surface area (Å²) < 4.78 is 5.31. The van der Waals surface area contributed by atoms with Crippen LogP contribution in [0.5, 0.6) is 0 Å². The molecule has 0 amide bonds. The van der Waals surface area contributed by atoms with Crippen molar-refractivity contribution in [1.29, 1.82) is 0 Å². The van der Waals surface area contributed by atoms with Crippen LogP contribution >= 0.6 is 0 Å². The van der Waals surface area contributed by atoms with Crippen molar-refractivity contribution in [3.63, 3.8) is 0 Å². The van der Waals surface area contributed by atoms with Gasteiger partial charge in [0.15, 0.2) is 0 Å². The van der Waals surface area contributed by atoms with Crippen molar-refractivity contribution in [3.05, 3.63) is 0 Å². The molecule has 100 valence electrons. The zero-order valence-corrected chi connectivity index (χ0v) is 11.5. The number of carbonyl (C=O) groups is 1. The highest BCUT2D eigenvalue weighted by atomic mass is 16.6. The highest BCUT2D eigenvalue weighted by Gasteiger charge is 2.32. The van der Waals surface area contributed by atoms with E-state index in [-0.39, 0.29) is 11.9 Å². The van der Waals surface area contributed by atoms with Crippen LogP contribution in [0, 0.1) is 11.8 Å². The van der Waals surface area contributed by atoms with Gasteiger partial charge in [-0.1, -0.05) is 19.3 Å². The summed E-state index contributed by atoms with van der Waals surface area (Å²) in [5, 5.41) is 10.2. The van der Waals surface area contributed by atoms with Gasteiger partial charge in [-0.2, -0.15) is 0 Å². The molecule has 1 aliphatic rings. The van der Waals surface area contributed by atoms with Gasteiger partial charge >= 0.3 is 5.97 Å². The van der Waals surface area contributed by atoms with E-state index in [9.17, 15) is 9.90 Å². The Bertz CT molecular complexity index is 249. The lowest BCUT2D eigenvalue weighted by atomic mass is 9.81. The first-order valence-corrected chi connectivity index (χ1v) is 6.72. The molecule has 3 heteroatoms. The molecule has 0 heterocycles. The molecule has 0 aromatic rings. The number of aliphatic hydroxyl groups excluding tert-OH is 1. The van der Waals surface area contributed by atoms with Gasteiger partial charge in [-0.05, 0) is 46.5 Å². The monoisotopic (exact) mass is 242 g/mol. The first-order valence-electron chi connectivity index (χ1n) is 6.72. The maximum absolute atomic E-state index is 11.9. The molecule has 0 aromatic heterocycles. The average Bonchev–Trinajstić information content (AvgIpc) is 2.26. The number of aliphatic hydroxyl groups is 1. The summed E-state index contributed by atoms with van der Waals surface area (Å²) in [7, 11) is 0.